The van der Waals surface area contributed by atoms with Crippen LogP contribution in [0, 0.1) is 23.7 Å². The second-order valence-corrected chi connectivity index (χ2v) is 7.33. The Balaban J connectivity index is 1.50. The van der Waals surface area contributed by atoms with Crippen molar-refractivity contribution in [3.05, 3.63) is 0 Å². The highest BCUT2D eigenvalue weighted by Crippen LogP contribution is 2.47. The zero-order valence-corrected chi connectivity index (χ0v) is 11.8. The van der Waals surface area contributed by atoms with E-state index in [2.05, 4.69) is 10.1 Å². The molecule has 0 radical (unpaired) electrons. The van der Waals surface area contributed by atoms with Crippen LogP contribution in [0.1, 0.15) is 51.4 Å². The summed E-state index contributed by atoms with van der Waals surface area (Å²) in [6.45, 7) is 2.52. The Kier molecular flexibility index (Phi) is 3.06. The molecule has 106 valence electrons. The fourth-order valence-electron chi connectivity index (χ4n) is 5.56. The minimum Gasteiger partial charge on any atom is -0.411 e. The van der Waals surface area contributed by atoms with E-state index in [1.54, 1.807) is 0 Å². The van der Waals surface area contributed by atoms with Crippen LogP contribution in [0.15, 0.2) is 5.16 Å². The molecule has 1 aliphatic heterocycles. The van der Waals surface area contributed by atoms with Crippen molar-refractivity contribution >= 4 is 5.71 Å². The number of hydrogen-bond acceptors (Lipinski definition) is 3. The number of hydrogen-bond donors (Lipinski definition) is 1. The maximum atomic E-state index is 9.38. The number of likely N-dealkylation sites (tertiary alicyclic amines) is 1. The van der Waals surface area contributed by atoms with Crippen LogP contribution in [0.3, 0.4) is 0 Å². The van der Waals surface area contributed by atoms with Gasteiger partial charge in [0.1, 0.15) is 0 Å². The summed E-state index contributed by atoms with van der Waals surface area (Å²) in [7, 11) is 0. The summed E-state index contributed by atoms with van der Waals surface area (Å²) in [4.78, 5) is 2.69. The first-order valence-electron chi connectivity index (χ1n) is 8.32. The third kappa shape index (κ3) is 1.93. The normalized spacial score (nSPS) is 48.6. The average molecular weight is 262 g/mol. The molecule has 3 nitrogen and oxygen atoms in total. The van der Waals surface area contributed by atoms with E-state index in [-0.39, 0.29) is 0 Å². The SMILES string of the molecule is O/N=C1\[C@H]2CC[C@H](C2)[C@H]1N1CC[C@@H]2CCCC[C@@H]2C1. The summed E-state index contributed by atoms with van der Waals surface area (Å²) in [6, 6.07) is 0.492. The molecule has 4 rings (SSSR count). The standard InChI is InChI=1S/C16H26N2O/c19-17-15-12-5-6-13(9-12)16(15)18-8-7-11-3-1-2-4-14(11)10-18/h11-14,16,19H,1-10H2/b17-15+/t11-,12-,13+,14+,16+/m0/s1. The third-order valence-electron chi connectivity index (χ3n) is 6.47. The van der Waals surface area contributed by atoms with Gasteiger partial charge in [-0.05, 0) is 56.4 Å². The Labute approximate surface area is 116 Å². The van der Waals surface area contributed by atoms with Gasteiger partial charge in [0.05, 0.1) is 11.8 Å². The summed E-state index contributed by atoms with van der Waals surface area (Å²) < 4.78 is 0. The minimum atomic E-state index is 0.492. The molecule has 5 atom stereocenters. The molecule has 19 heavy (non-hydrogen) atoms. The zero-order valence-electron chi connectivity index (χ0n) is 11.8. The summed E-state index contributed by atoms with van der Waals surface area (Å²) in [5, 5.41) is 13.1. The zero-order chi connectivity index (χ0) is 12.8. The van der Waals surface area contributed by atoms with Gasteiger partial charge in [0.2, 0.25) is 0 Å². The first kappa shape index (κ1) is 12.2. The number of fused-ring (bicyclic) bond motifs is 3. The molecule has 0 aromatic heterocycles. The van der Waals surface area contributed by atoms with Crippen molar-refractivity contribution in [2.24, 2.45) is 28.8 Å². The topological polar surface area (TPSA) is 35.8 Å². The molecular formula is C16H26N2O. The Morgan fingerprint density at radius 3 is 2.63 bits per heavy atom. The van der Waals surface area contributed by atoms with E-state index in [1.165, 1.54) is 64.5 Å². The fraction of sp³-hybridized carbons (Fsp3) is 0.938. The smallest absolute Gasteiger partial charge is 0.0775 e. The maximum Gasteiger partial charge on any atom is 0.0775 e. The largest absolute Gasteiger partial charge is 0.411 e. The minimum absolute atomic E-state index is 0.492. The van der Waals surface area contributed by atoms with Gasteiger partial charge in [0.15, 0.2) is 0 Å². The van der Waals surface area contributed by atoms with E-state index in [9.17, 15) is 5.21 Å². The van der Waals surface area contributed by atoms with E-state index in [0.29, 0.717) is 12.0 Å². The van der Waals surface area contributed by atoms with Gasteiger partial charge in [-0.25, -0.2) is 0 Å². The third-order valence-corrected chi connectivity index (χ3v) is 6.47. The van der Waals surface area contributed by atoms with Gasteiger partial charge < -0.3 is 5.21 Å². The van der Waals surface area contributed by atoms with Crippen molar-refractivity contribution in [2.75, 3.05) is 13.1 Å². The number of rotatable bonds is 1. The Morgan fingerprint density at radius 2 is 1.79 bits per heavy atom. The molecular weight excluding hydrogens is 236 g/mol. The molecule has 1 heterocycles. The van der Waals surface area contributed by atoms with Gasteiger partial charge >= 0.3 is 0 Å². The molecule has 0 unspecified atom stereocenters. The fourth-order valence-corrected chi connectivity index (χ4v) is 5.56. The van der Waals surface area contributed by atoms with Gasteiger partial charge in [-0.15, -0.1) is 0 Å². The van der Waals surface area contributed by atoms with E-state index in [1.807, 2.05) is 0 Å². The quantitative estimate of drug-likeness (QED) is 0.582. The molecule has 1 N–H and O–H groups in total. The molecule has 4 aliphatic rings. The number of oxime groups is 1. The maximum absolute atomic E-state index is 9.38. The van der Waals surface area contributed by atoms with Gasteiger partial charge in [0, 0.05) is 12.5 Å². The second-order valence-electron chi connectivity index (χ2n) is 7.33. The van der Waals surface area contributed by atoms with E-state index in [0.717, 1.165) is 23.5 Å². The van der Waals surface area contributed by atoms with Gasteiger partial charge in [0.25, 0.3) is 0 Å². The van der Waals surface area contributed by atoms with Crippen LogP contribution in [0.2, 0.25) is 0 Å². The number of piperidine rings is 1. The molecule has 4 fully saturated rings. The van der Waals surface area contributed by atoms with Crippen molar-refractivity contribution in [3.8, 4) is 0 Å². The summed E-state index contributed by atoms with van der Waals surface area (Å²) >= 11 is 0. The van der Waals surface area contributed by atoms with E-state index >= 15 is 0 Å². The molecule has 0 amide bonds. The molecule has 0 spiro atoms. The predicted molar refractivity (Wildman–Crippen MR) is 75.5 cm³/mol. The summed E-state index contributed by atoms with van der Waals surface area (Å²) in [5.41, 5.74) is 1.13. The van der Waals surface area contributed by atoms with Crippen LogP contribution in [-0.4, -0.2) is 35.0 Å². The highest BCUT2D eigenvalue weighted by Gasteiger charge is 2.49. The van der Waals surface area contributed by atoms with E-state index in [4.69, 9.17) is 0 Å². The van der Waals surface area contributed by atoms with Gasteiger partial charge in [-0.2, -0.15) is 0 Å². The molecule has 0 aromatic rings. The van der Waals surface area contributed by atoms with Gasteiger partial charge in [-0.3, -0.25) is 4.90 Å². The van der Waals surface area contributed by atoms with Crippen molar-refractivity contribution in [1.29, 1.82) is 0 Å². The van der Waals surface area contributed by atoms with Crippen LogP contribution < -0.4 is 0 Å². The molecule has 1 saturated heterocycles. The lowest BCUT2D eigenvalue weighted by Gasteiger charge is -2.45. The average Bonchev–Trinajstić information content (AvgIpc) is 3.07. The predicted octanol–water partition coefficient (Wildman–Crippen LogP) is 3.13. The van der Waals surface area contributed by atoms with Crippen molar-refractivity contribution < 1.29 is 5.21 Å². The lowest BCUT2D eigenvalue weighted by Crippen LogP contribution is -2.51. The monoisotopic (exact) mass is 262 g/mol. The first-order chi connectivity index (χ1) is 9.36. The van der Waals surface area contributed by atoms with Crippen LogP contribution in [0.25, 0.3) is 0 Å². The Hall–Kier alpha value is -0.570. The van der Waals surface area contributed by atoms with Crippen molar-refractivity contribution in [1.82, 2.24) is 4.90 Å². The van der Waals surface area contributed by atoms with Crippen LogP contribution in [0.4, 0.5) is 0 Å². The van der Waals surface area contributed by atoms with E-state index < -0.39 is 0 Å². The molecule has 3 heteroatoms. The molecule has 2 bridgehead atoms. The second kappa shape index (κ2) is 4.76. The van der Waals surface area contributed by atoms with Crippen LogP contribution in [-0.2, 0) is 0 Å². The molecule has 3 saturated carbocycles. The van der Waals surface area contributed by atoms with Crippen molar-refractivity contribution in [2.45, 2.75) is 57.4 Å². The lowest BCUT2D eigenvalue weighted by molar-refractivity contribution is 0.0602. The van der Waals surface area contributed by atoms with Crippen LogP contribution >= 0.6 is 0 Å². The lowest BCUT2D eigenvalue weighted by atomic mass is 9.74. The molecule has 0 aromatic carbocycles. The molecule has 3 aliphatic carbocycles. The van der Waals surface area contributed by atoms with Gasteiger partial charge in [-0.1, -0.05) is 24.4 Å². The highest BCUT2D eigenvalue weighted by atomic mass is 16.4. The van der Waals surface area contributed by atoms with Crippen molar-refractivity contribution in [3.63, 3.8) is 0 Å². The summed E-state index contributed by atoms with van der Waals surface area (Å²) in [6.07, 6.45) is 11.1. The Morgan fingerprint density at radius 1 is 0.947 bits per heavy atom. The number of nitrogens with zero attached hydrogens (tertiary/aromatic N) is 2. The summed E-state index contributed by atoms with van der Waals surface area (Å²) in [5.74, 6) is 3.32. The Bertz CT molecular complexity index is 381. The first-order valence-corrected chi connectivity index (χ1v) is 8.32. The highest BCUT2D eigenvalue weighted by molar-refractivity contribution is 5.94. The van der Waals surface area contributed by atoms with Crippen LogP contribution in [0.5, 0.6) is 0 Å².